The van der Waals surface area contributed by atoms with Crippen molar-refractivity contribution in [3.05, 3.63) is 42.0 Å². The van der Waals surface area contributed by atoms with Gasteiger partial charge in [0.05, 0.1) is 7.11 Å². The smallest absolute Gasteiger partial charge is 0.118 e. The lowest BCUT2D eigenvalue weighted by Crippen LogP contribution is -2.19. The Labute approximate surface area is 131 Å². The third kappa shape index (κ3) is 5.44. The van der Waals surface area contributed by atoms with Crippen molar-refractivity contribution in [3.63, 3.8) is 0 Å². The zero-order chi connectivity index (χ0) is 14.9. The monoisotopic (exact) mass is 298 g/mol. The van der Waals surface area contributed by atoms with Crippen LogP contribution in [0.25, 0.3) is 0 Å². The van der Waals surface area contributed by atoms with E-state index in [0.717, 1.165) is 17.2 Å². The maximum atomic E-state index is 5.14. The van der Waals surface area contributed by atoms with E-state index in [9.17, 15) is 0 Å². The van der Waals surface area contributed by atoms with Crippen molar-refractivity contribution in [1.82, 2.24) is 0 Å². The molecule has 0 radical (unpaired) electrons. The number of allylic oxidation sites excluding steroid dienone is 2. The topological polar surface area (TPSA) is 9.23 Å². The van der Waals surface area contributed by atoms with Crippen LogP contribution in [0.15, 0.2) is 36.4 Å². The molecule has 1 aromatic rings. The van der Waals surface area contributed by atoms with Gasteiger partial charge in [0.15, 0.2) is 0 Å². The summed E-state index contributed by atoms with van der Waals surface area (Å²) in [5.74, 6) is 8.00. The number of ether oxygens (including phenoxy) is 1. The summed E-state index contributed by atoms with van der Waals surface area (Å²) >= 11 is 0. The van der Waals surface area contributed by atoms with Crippen LogP contribution >= 0.6 is 0 Å². The Morgan fingerprint density at radius 3 is 2.57 bits per heavy atom. The summed E-state index contributed by atoms with van der Waals surface area (Å²) in [5, 5.41) is 0. The maximum absolute atomic E-state index is 5.14. The third-order valence-corrected chi connectivity index (χ3v) is 8.04. The minimum absolute atomic E-state index is 0.345. The Bertz CT molecular complexity index is 499. The van der Waals surface area contributed by atoms with E-state index in [0.29, 0.717) is 0 Å². The predicted molar refractivity (Wildman–Crippen MR) is 93.6 cm³/mol. The predicted octanol–water partition coefficient (Wildman–Crippen LogP) is 4.65. The summed E-state index contributed by atoms with van der Waals surface area (Å²) in [4.78, 5) is 0. The molecule has 1 aliphatic rings. The van der Waals surface area contributed by atoms with Crippen molar-refractivity contribution in [3.8, 4) is 17.6 Å². The first kappa shape index (κ1) is 15.9. The highest BCUT2D eigenvalue weighted by Crippen LogP contribution is 2.28. The highest BCUT2D eigenvalue weighted by Gasteiger charge is 2.19. The van der Waals surface area contributed by atoms with E-state index in [2.05, 4.69) is 30.9 Å². The molecule has 0 N–H and O–H groups in total. The van der Waals surface area contributed by atoms with Gasteiger partial charge in [-0.1, -0.05) is 49.4 Å². The van der Waals surface area contributed by atoms with Crippen LogP contribution in [0, 0.1) is 17.8 Å². The van der Waals surface area contributed by atoms with Crippen molar-refractivity contribution in [1.29, 1.82) is 0 Å². The second-order valence-electron chi connectivity index (χ2n) is 5.93. The van der Waals surface area contributed by atoms with Crippen molar-refractivity contribution in [2.75, 3.05) is 7.11 Å². The van der Waals surface area contributed by atoms with Gasteiger partial charge >= 0.3 is 0 Å². The van der Waals surface area contributed by atoms with Gasteiger partial charge in [-0.15, -0.1) is 0 Å². The molecule has 0 saturated carbocycles. The maximum Gasteiger partial charge on any atom is 0.118 e. The lowest BCUT2D eigenvalue weighted by Gasteiger charge is -2.25. The molecule has 1 aliphatic heterocycles. The molecule has 0 aromatic heterocycles. The molecule has 112 valence electrons. The average Bonchev–Trinajstić information content (AvgIpc) is 2.54. The molecule has 0 spiro atoms. The van der Waals surface area contributed by atoms with Crippen molar-refractivity contribution in [2.45, 2.75) is 44.3 Å². The molecule has 0 bridgehead atoms. The Balaban J connectivity index is 1.79. The number of benzene rings is 1. The lowest BCUT2D eigenvalue weighted by atomic mass is 10.0. The minimum atomic E-state index is -0.345. The second-order valence-corrected chi connectivity index (χ2v) is 9.39. The molecule has 1 saturated heterocycles. The third-order valence-electron chi connectivity index (χ3n) is 4.35. The summed E-state index contributed by atoms with van der Waals surface area (Å²) in [7, 11) is 1.34. The molecule has 0 aliphatic carbocycles. The van der Waals surface area contributed by atoms with Gasteiger partial charge in [0.1, 0.15) is 5.75 Å². The van der Waals surface area contributed by atoms with Gasteiger partial charge in [-0.25, -0.2) is 0 Å². The standard InChI is InChI=1S/C19H26OSi/c1-3-14-21-15-12-18(13-16-21)7-5-4-6-17-8-10-19(20-2)11-9-17/h5,7-11,18,21H,3,12-16H2,1-2H3/b7-5+. The summed E-state index contributed by atoms with van der Waals surface area (Å²) in [5.41, 5.74) is 1.04. The largest absolute Gasteiger partial charge is 0.497 e. The fraction of sp³-hybridized carbons (Fsp3) is 0.474. The Kier molecular flexibility index (Phi) is 6.63. The molecule has 1 nitrogen and oxygen atoms in total. The van der Waals surface area contributed by atoms with E-state index >= 15 is 0 Å². The number of rotatable bonds is 4. The molecule has 1 aromatic carbocycles. The van der Waals surface area contributed by atoms with E-state index in [4.69, 9.17) is 4.74 Å². The number of hydrogen-bond donors (Lipinski definition) is 0. The normalized spacial score (nSPS) is 21.8. The van der Waals surface area contributed by atoms with E-state index < -0.39 is 0 Å². The zero-order valence-corrected chi connectivity index (χ0v) is 14.4. The quantitative estimate of drug-likeness (QED) is 0.581. The Morgan fingerprint density at radius 2 is 1.95 bits per heavy atom. The summed E-state index contributed by atoms with van der Waals surface area (Å²) in [6.45, 7) is 2.33. The first-order chi connectivity index (χ1) is 10.3. The summed E-state index contributed by atoms with van der Waals surface area (Å²) < 4.78 is 5.14. The fourth-order valence-corrected chi connectivity index (χ4v) is 6.54. The van der Waals surface area contributed by atoms with Crippen LogP contribution in [-0.2, 0) is 0 Å². The summed E-state index contributed by atoms with van der Waals surface area (Å²) in [6.07, 6.45) is 8.57. The average molecular weight is 299 g/mol. The molecule has 1 fully saturated rings. The second kappa shape index (κ2) is 8.74. The number of hydrogen-bond acceptors (Lipinski definition) is 1. The van der Waals surface area contributed by atoms with Crippen molar-refractivity contribution in [2.24, 2.45) is 5.92 Å². The Hall–Kier alpha value is -1.46. The van der Waals surface area contributed by atoms with Crippen LogP contribution in [0.2, 0.25) is 18.1 Å². The molecule has 2 rings (SSSR count). The molecular formula is C19H26OSi. The van der Waals surface area contributed by atoms with Crippen LogP contribution < -0.4 is 4.74 Å². The summed E-state index contributed by atoms with van der Waals surface area (Å²) in [6, 6.07) is 12.5. The van der Waals surface area contributed by atoms with Gasteiger partial charge in [0.25, 0.3) is 0 Å². The van der Waals surface area contributed by atoms with Gasteiger partial charge in [-0.05, 0) is 49.1 Å². The number of methoxy groups -OCH3 is 1. The van der Waals surface area contributed by atoms with E-state index in [-0.39, 0.29) is 8.80 Å². The van der Waals surface area contributed by atoms with E-state index in [1.165, 1.54) is 31.4 Å². The van der Waals surface area contributed by atoms with Gasteiger partial charge < -0.3 is 4.74 Å². The van der Waals surface area contributed by atoms with Crippen molar-refractivity contribution >= 4 is 8.80 Å². The lowest BCUT2D eigenvalue weighted by molar-refractivity contribution is 0.415. The highest BCUT2D eigenvalue weighted by atomic mass is 28.3. The van der Waals surface area contributed by atoms with E-state index in [1.807, 2.05) is 24.3 Å². The van der Waals surface area contributed by atoms with Gasteiger partial charge in [-0.3, -0.25) is 0 Å². The van der Waals surface area contributed by atoms with Crippen molar-refractivity contribution < 1.29 is 4.74 Å². The SMILES string of the molecule is CCC[SiH]1CCC(/C=C/C#Cc2ccc(OC)cc2)CC1. The fourth-order valence-electron chi connectivity index (χ4n) is 3.06. The van der Waals surface area contributed by atoms with Gasteiger partial charge in [-0.2, -0.15) is 0 Å². The van der Waals surface area contributed by atoms with Crippen LogP contribution in [-0.4, -0.2) is 15.9 Å². The zero-order valence-electron chi connectivity index (χ0n) is 13.3. The van der Waals surface area contributed by atoms with Crippen LogP contribution in [0.3, 0.4) is 0 Å². The molecule has 1 heterocycles. The molecular weight excluding hydrogens is 272 g/mol. The van der Waals surface area contributed by atoms with Crippen LogP contribution in [0.4, 0.5) is 0 Å². The van der Waals surface area contributed by atoms with Crippen LogP contribution in [0.1, 0.15) is 31.7 Å². The molecule has 0 amide bonds. The first-order valence-corrected chi connectivity index (χ1v) is 10.6. The Morgan fingerprint density at radius 1 is 1.24 bits per heavy atom. The van der Waals surface area contributed by atoms with E-state index in [1.54, 1.807) is 13.2 Å². The van der Waals surface area contributed by atoms with Gasteiger partial charge in [0.2, 0.25) is 0 Å². The first-order valence-electron chi connectivity index (χ1n) is 8.14. The minimum Gasteiger partial charge on any atom is -0.497 e. The molecule has 21 heavy (non-hydrogen) atoms. The molecule has 2 heteroatoms. The van der Waals surface area contributed by atoms with Gasteiger partial charge in [0, 0.05) is 14.4 Å². The molecule has 0 atom stereocenters. The highest BCUT2D eigenvalue weighted by molar-refractivity contribution is 6.58. The van der Waals surface area contributed by atoms with Crippen LogP contribution in [0.5, 0.6) is 5.75 Å². The molecule has 0 unspecified atom stereocenters.